The topological polar surface area (TPSA) is 44.5 Å². The van der Waals surface area contributed by atoms with Gasteiger partial charge in [-0.05, 0) is 37.1 Å². The third kappa shape index (κ3) is 4.21. The van der Waals surface area contributed by atoms with Gasteiger partial charge in [-0.2, -0.15) is 0 Å². The van der Waals surface area contributed by atoms with Crippen molar-refractivity contribution in [3.63, 3.8) is 0 Å². The average molecular weight is 209 g/mol. The van der Waals surface area contributed by atoms with E-state index in [9.17, 15) is 0 Å². The van der Waals surface area contributed by atoms with Gasteiger partial charge in [0.15, 0.2) is 0 Å². The van der Waals surface area contributed by atoms with Crippen LogP contribution in [-0.2, 0) is 4.74 Å². The molecule has 0 radical (unpaired) electrons. The van der Waals surface area contributed by atoms with Crippen molar-refractivity contribution in [1.29, 1.82) is 0 Å². The van der Waals surface area contributed by atoms with Crippen molar-refractivity contribution in [2.24, 2.45) is 0 Å². The van der Waals surface area contributed by atoms with Gasteiger partial charge >= 0.3 is 0 Å². The van der Waals surface area contributed by atoms with Crippen LogP contribution in [0.4, 0.5) is 5.69 Å². The first-order chi connectivity index (χ1) is 7.24. The van der Waals surface area contributed by atoms with E-state index >= 15 is 0 Å². The Kier molecular flexibility index (Phi) is 4.98. The molecule has 0 aliphatic rings. The summed E-state index contributed by atoms with van der Waals surface area (Å²) in [6.45, 7) is 6.09. The lowest BCUT2D eigenvalue weighted by atomic mass is 10.2. The Labute approximate surface area is 91.2 Å². The minimum Gasteiger partial charge on any atom is -0.491 e. The molecule has 1 rings (SSSR count). The summed E-state index contributed by atoms with van der Waals surface area (Å²) in [7, 11) is 0. The van der Waals surface area contributed by atoms with Crippen LogP contribution >= 0.6 is 0 Å². The number of anilines is 1. The van der Waals surface area contributed by atoms with Gasteiger partial charge in [0, 0.05) is 12.3 Å². The molecule has 0 saturated carbocycles. The quantitative estimate of drug-likeness (QED) is 0.578. The summed E-state index contributed by atoms with van der Waals surface area (Å²) >= 11 is 0. The van der Waals surface area contributed by atoms with Crippen LogP contribution in [0.5, 0.6) is 5.75 Å². The molecular formula is C12H19NO2. The number of ether oxygens (including phenoxy) is 2. The van der Waals surface area contributed by atoms with E-state index in [0.29, 0.717) is 13.2 Å². The molecule has 0 atom stereocenters. The smallest absolute Gasteiger partial charge is 0.122 e. The van der Waals surface area contributed by atoms with Gasteiger partial charge in [-0.25, -0.2) is 0 Å². The molecule has 0 spiro atoms. The molecule has 1 aromatic rings. The Bertz CT molecular complexity index is 300. The van der Waals surface area contributed by atoms with Crippen LogP contribution in [0, 0.1) is 6.92 Å². The summed E-state index contributed by atoms with van der Waals surface area (Å²) < 4.78 is 10.9. The molecule has 15 heavy (non-hydrogen) atoms. The number of rotatable bonds is 6. The van der Waals surface area contributed by atoms with Crippen molar-refractivity contribution in [3.05, 3.63) is 23.8 Å². The Morgan fingerprint density at radius 1 is 1.20 bits per heavy atom. The maximum atomic E-state index is 5.64. The Hall–Kier alpha value is -1.22. The number of nitrogens with two attached hydrogens (primary N) is 1. The molecule has 0 bridgehead atoms. The molecule has 0 amide bonds. The summed E-state index contributed by atoms with van der Waals surface area (Å²) in [5.74, 6) is 0.879. The largest absolute Gasteiger partial charge is 0.491 e. The summed E-state index contributed by atoms with van der Waals surface area (Å²) in [6.07, 6.45) is 1.04. The molecule has 3 nitrogen and oxygen atoms in total. The molecule has 0 aromatic heterocycles. The van der Waals surface area contributed by atoms with Crippen LogP contribution in [0.3, 0.4) is 0 Å². The number of aryl methyl sites for hydroxylation is 1. The van der Waals surface area contributed by atoms with Crippen molar-refractivity contribution in [3.8, 4) is 5.75 Å². The number of nitrogen functional groups attached to an aromatic ring is 1. The van der Waals surface area contributed by atoms with Gasteiger partial charge in [0.1, 0.15) is 12.4 Å². The fraction of sp³-hybridized carbons (Fsp3) is 0.500. The van der Waals surface area contributed by atoms with E-state index in [1.165, 1.54) is 0 Å². The molecule has 3 heteroatoms. The Morgan fingerprint density at radius 3 is 2.67 bits per heavy atom. The highest BCUT2D eigenvalue weighted by molar-refractivity contribution is 5.47. The van der Waals surface area contributed by atoms with E-state index < -0.39 is 0 Å². The van der Waals surface area contributed by atoms with Gasteiger partial charge in [-0.3, -0.25) is 0 Å². The van der Waals surface area contributed by atoms with Crippen LogP contribution in [0.2, 0.25) is 0 Å². The lowest BCUT2D eigenvalue weighted by Crippen LogP contribution is -2.07. The Morgan fingerprint density at radius 2 is 2.00 bits per heavy atom. The van der Waals surface area contributed by atoms with Crippen molar-refractivity contribution in [2.45, 2.75) is 20.3 Å². The van der Waals surface area contributed by atoms with E-state index in [1.54, 1.807) is 0 Å². The third-order valence-corrected chi connectivity index (χ3v) is 2.03. The fourth-order valence-electron chi connectivity index (χ4n) is 1.29. The van der Waals surface area contributed by atoms with E-state index in [-0.39, 0.29) is 0 Å². The monoisotopic (exact) mass is 209 g/mol. The molecule has 0 aliphatic heterocycles. The molecule has 1 aromatic carbocycles. The average Bonchev–Trinajstić information content (AvgIpc) is 2.20. The van der Waals surface area contributed by atoms with Gasteiger partial charge in [0.2, 0.25) is 0 Å². The normalized spacial score (nSPS) is 10.3. The van der Waals surface area contributed by atoms with Crippen molar-refractivity contribution in [1.82, 2.24) is 0 Å². The first kappa shape index (κ1) is 11.9. The van der Waals surface area contributed by atoms with Crippen molar-refractivity contribution in [2.75, 3.05) is 25.6 Å². The first-order valence-corrected chi connectivity index (χ1v) is 5.30. The highest BCUT2D eigenvalue weighted by Gasteiger charge is 1.99. The second-order valence-electron chi connectivity index (χ2n) is 3.49. The maximum Gasteiger partial charge on any atom is 0.122 e. The summed E-state index contributed by atoms with van der Waals surface area (Å²) in [4.78, 5) is 0. The van der Waals surface area contributed by atoms with Crippen molar-refractivity contribution >= 4 is 5.69 Å². The fourth-order valence-corrected chi connectivity index (χ4v) is 1.29. The van der Waals surface area contributed by atoms with E-state index in [2.05, 4.69) is 6.92 Å². The van der Waals surface area contributed by atoms with Gasteiger partial charge in [0.05, 0.1) is 6.61 Å². The molecule has 2 N–H and O–H groups in total. The standard InChI is InChI=1S/C12H19NO2/c1-3-6-14-7-8-15-12-5-4-11(13)9-10(12)2/h4-5,9H,3,6-8,13H2,1-2H3. The predicted octanol–water partition coefficient (Wildman–Crippen LogP) is 2.38. The second-order valence-corrected chi connectivity index (χ2v) is 3.49. The van der Waals surface area contributed by atoms with Crippen LogP contribution in [0.25, 0.3) is 0 Å². The SMILES string of the molecule is CCCOCCOc1ccc(N)cc1C. The highest BCUT2D eigenvalue weighted by Crippen LogP contribution is 2.19. The van der Waals surface area contributed by atoms with E-state index in [4.69, 9.17) is 15.2 Å². The minimum atomic E-state index is 0.588. The predicted molar refractivity (Wildman–Crippen MR) is 62.2 cm³/mol. The van der Waals surface area contributed by atoms with Crippen LogP contribution in [0.15, 0.2) is 18.2 Å². The number of hydrogen-bond acceptors (Lipinski definition) is 3. The maximum absolute atomic E-state index is 5.64. The van der Waals surface area contributed by atoms with E-state index in [1.807, 2.05) is 25.1 Å². The first-order valence-electron chi connectivity index (χ1n) is 5.30. The van der Waals surface area contributed by atoms with Gasteiger partial charge < -0.3 is 15.2 Å². The number of benzene rings is 1. The molecule has 0 heterocycles. The highest BCUT2D eigenvalue weighted by atomic mass is 16.5. The molecule has 84 valence electrons. The lowest BCUT2D eigenvalue weighted by Gasteiger charge is -2.09. The van der Waals surface area contributed by atoms with Crippen molar-refractivity contribution < 1.29 is 9.47 Å². The molecule has 0 fully saturated rings. The molecule has 0 unspecified atom stereocenters. The van der Waals surface area contributed by atoms with Gasteiger partial charge in [-0.15, -0.1) is 0 Å². The molecule has 0 saturated heterocycles. The zero-order valence-electron chi connectivity index (χ0n) is 9.45. The zero-order chi connectivity index (χ0) is 11.1. The molecular weight excluding hydrogens is 190 g/mol. The van der Waals surface area contributed by atoms with Crippen LogP contribution in [0.1, 0.15) is 18.9 Å². The molecule has 0 aliphatic carbocycles. The van der Waals surface area contributed by atoms with Crippen LogP contribution < -0.4 is 10.5 Å². The summed E-state index contributed by atoms with van der Waals surface area (Å²) in [6, 6.07) is 5.64. The summed E-state index contributed by atoms with van der Waals surface area (Å²) in [5, 5.41) is 0. The van der Waals surface area contributed by atoms with Gasteiger partial charge in [0.25, 0.3) is 0 Å². The minimum absolute atomic E-state index is 0.588. The second kappa shape index (κ2) is 6.30. The van der Waals surface area contributed by atoms with E-state index in [0.717, 1.165) is 30.0 Å². The lowest BCUT2D eigenvalue weighted by molar-refractivity contribution is 0.100. The van der Waals surface area contributed by atoms with Crippen LogP contribution in [-0.4, -0.2) is 19.8 Å². The number of hydrogen-bond donors (Lipinski definition) is 1. The third-order valence-electron chi connectivity index (χ3n) is 2.03. The van der Waals surface area contributed by atoms with Gasteiger partial charge in [-0.1, -0.05) is 6.92 Å². The zero-order valence-corrected chi connectivity index (χ0v) is 9.45. The summed E-state index contributed by atoms with van der Waals surface area (Å²) in [5.41, 5.74) is 7.47. The Balaban J connectivity index is 2.31.